The van der Waals surface area contributed by atoms with Crippen molar-refractivity contribution in [2.75, 3.05) is 10.6 Å². The zero-order valence-corrected chi connectivity index (χ0v) is 11.6. The molecule has 0 atom stereocenters. The zero-order valence-electron chi connectivity index (χ0n) is 11.6. The highest BCUT2D eigenvalue weighted by atomic mass is 16.1. The Labute approximate surface area is 118 Å². The minimum absolute atomic E-state index is 0.0205. The summed E-state index contributed by atoms with van der Waals surface area (Å²) in [6.07, 6.45) is 5.06. The van der Waals surface area contributed by atoms with Crippen LogP contribution in [0.2, 0.25) is 0 Å². The predicted octanol–water partition coefficient (Wildman–Crippen LogP) is 2.68. The van der Waals surface area contributed by atoms with Crippen molar-refractivity contribution in [3.63, 3.8) is 0 Å². The van der Waals surface area contributed by atoms with Crippen LogP contribution < -0.4 is 10.6 Å². The molecule has 5 heteroatoms. The van der Waals surface area contributed by atoms with Gasteiger partial charge in [0.05, 0.1) is 0 Å². The summed E-state index contributed by atoms with van der Waals surface area (Å²) >= 11 is 0. The van der Waals surface area contributed by atoms with Gasteiger partial charge in [-0.3, -0.25) is 4.79 Å². The number of hydrogen-bond acceptors (Lipinski definition) is 4. The van der Waals surface area contributed by atoms with Crippen molar-refractivity contribution >= 4 is 17.3 Å². The van der Waals surface area contributed by atoms with Gasteiger partial charge in [-0.2, -0.15) is 0 Å². The number of aromatic nitrogens is 2. The molecule has 1 heterocycles. The van der Waals surface area contributed by atoms with E-state index in [-0.39, 0.29) is 11.8 Å². The molecule has 0 aliphatic rings. The second-order valence-electron chi connectivity index (χ2n) is 4.82. The van der Waals surface area contributed by atoms with Gasteiger partial charge in [0.2, 0.25) is 5.91 Å². The SMILES string of the molecule is CC(C)C(=O)Nc1ccc(NCc2cncnc2)cc1. The number of nitrogens with zero attached hydrogens (tertiary/aromatic N) is 2. The first kappa shape index (κ1) is 14.0. The summed E-state index contributed by atoms with van der Waals surface area (Å²) < 4.78 is 0. The zero-order chi connectivity index (χ0) is 14.4. The fourth-order valence-corrected chi connectivity index (χ4v) is 1.58. The Kier molecular flexibility index (Phi) is 4.65. The lowest BCUT2D eigenvalue weighted by Crippen LogP contribution is -2.17. The maximum Gasteiger partial charge on any atom is 0.226 e. The van der Waals surface area contributed by atoms with Crippen LogP contribution >= 0.6 is 0 Å². The third kappa shape index (κ3) is 4.05. The molecule has 0 saturated heterocycles. The Morgan fingerprint density at radius 3 is 2.30 bits per heavy atom. The summed E-state index contributed by atoms with van der Waals surface area (Å²) in [7, 11) is 0. The average molecular weight is 270 g/mol. The fraction of sp³-hybridized carbons (Fsp3) is 0.267. The van der Waals surface area contributed by atoms with Crippen LogP contribution in [0.4, 0.5) is 11.4 Å². The van der Waals surface area contributed by atoms with Gasteiger partial charge in [0.15, 0.2) is 0 Å². The van der Waals surface area contributed by atoms with E-state index < -0.39 is 0 Å². The van der Waals surface area contributed by atoms with Gasteiger partial charge in [-0.15, -0.1) is 0 Å². The number of carbonyl (C=O) groups excluding carboxylic acids is 1. The van der Waals surface area contributed by atoms with Crippen molar-refractivity contribution in [3.05, 3.63) is 48.5 Å². The molecule has 1 aromatic carbocycles. The average Bonchev–Trinajstić information content (AvgIpc) is 2.47. The molecule has 0 unspecified atom stereocenters. The first-order valence-electron chi connectivity index (χ1n) is 6.54. The fourth-order valence-electron chi connectivity index (χ4n) is 1.58. The van der Waals surface area contributed by atoms with Gasteiger partial charge in [0.1, 0.15) is 6.33 Å². The standard InChI is InChI=1S/C15H18N4O/c1-11(2)15(20)19-14-5-3-13(4-6-14)18-9-12-7-16-10-17-8-12/h3-8,10-11,18H,9H2,1-2H3,(H,19,20). The summed E-state index contributed by atoms with van der Waals surface area (Å²) in [6, 6.07) is 7.62. The molecule has 0 saturated carbocycles. The van der Waals surface area contributed by atoms with Crippen molar-refractivity contribution in [3.8, 4) is 0 Å². The van der Waals surface area contributed by atoms with E-state index in [9.17, 15) is 4.79 Å². The maximum atomic E-state index is 11.6. The lowest BCUT2D eigenvalue weighted by atomic mass is 10.2. The predicted molar refractivity (Wildman–Crippen MR) is 79.3 cm³/mol. The van der Waals surface area contributed by atoms with E-state index in [4.69, 9.17) is 0 Å². The van der Waals surface area contributed by atoms with Crippen molar-refractivity contribution in [2.24, 2.45) is 5.92 Å². The Bertz CT molecular complexity index is 552. The van der Waals surface area contributed by atoms with Crippen molar-refractivity contribution in [1.82, 2.24) is 9.97 Å². The second kappa shape index (κ2) is 6.65. The molecule has 0 spiro atoms. The van der Waals surface area contributed by atoms with Crippen molar-refractivity contribution < 1.29 is 4.79 Å². The van der Waals surface area contributed by atoms with Crippen molar-refractivity contribution in [2.45, 2.75) is 20.4 Å². The Balaban J connectivity index is 1.90. The smallest absolute Gasteiger partial charge is 0.226 e. The highest BCUT2D eigenvalue weighted by Crippen LogP contribution is 2.15. The number of rotatable bonds is 5. The summed E-state index contributed by atoms with van der Waals surface area (Å²) in [5, 5.41) is 6.13. The van der Waals surface area contributed by atoms with Crippen LogP contribution in [-0.2, 0) is 11.3 Å². The summed E-state index contributed by atoms with van der Waals surface area (Å²) in [6.45, 7) is 4.40. The third-order valence-electron chi connectivity index (χ3n) is 2.79. The molecule has 0 fully saturated rings. The van der Waals surface area contributed by atoms with E-state index in [2.05, 4.69) is 20.6 Å². The van der Waals surface area contributed by atoms with Gasteiger partial charge in [-0.25, -0.2) is 9.97 Å². The molecule has 2 rings (SSSR count). The Morgan fingerprint density at radius 1 is 1.10 bits per heavy atom. The molecule has 5 nitrogen and oxygen atoms in total. The highest BCUT2D eigenvalue weighted by molar-refractivity contribution is 5.92. The van der Waals surface area contributed by atoms with Gasteiger partial charge >= 0.3 is 0 Å². The number of amides is 1. The van der Waals surface area contributed by atoms with Crippen LogP contribution in [0, 0.1) is 5.92 Å². The lowest BCUT2D eigenvalue weighted by Gasteiger charge is -2.09. The number of benzene rings is 1. The molecule has 2 aromatic rings. The molecule has 2 N–H and O–H groups in total. The molecular formula is C15H18N4O. The minimum atomic E-state index is -0.0223. The number of anilines is 2. The van der Waals surface area contributed by atoms with E-state index in [1.54, 1.807) is 12.4 Å². The molecule has 0 aliphatic carbocycles. The third-order valence-corrected chi connectivity index (χ3v) is 2.79. The molecule has 104 valence electrons. The van der Waals surface area contributed by atoms with Crippen LogP contribution in [0.3, 0.4) is 0 Å². The molecule has 1 amide bonds. The number of nitrogens with one attached hydrogen (secondary N) is 2. The molecule has 0 aliphatic heterocycles. The quantitative estimate of drug-likeness (QED) is 0.876. The normalized spacial score (nSPS) is 10.3. The largest absolute Gasteiger partial charge is 0.381 e. The van der Waals surface area contributed by atoms with Gasteiger partial charge < -0.3 is 10.6 Å². The van der Waals surface area contributed by atoms with Crippen LogP contribution in [0.1, 0.15) is 19.4 Å². The first-order chi connectivity index (χ1) is 9.65. The van der Waals surface area contributed by atoms with E-state index in [1.165, 1.54) is 6.33 Å². The lowest BCUT2D eigenvalue weighted by molar-refractivity contribution is -0.118. The molecule has 0 radical (unpaired) electrons. The minimum Gasteiger partial charge on any atom is -0.381 e. The van der Waals surface area contributed by atoms with E-state index in [0.29, 0.717) is 6.54 Å². The van der Waals surface area contributed by atoms with Crippen LogP contribution in [0.25, 0.3) is 0 Å². The Morgan fingerprint density at radius 2 is 1.70 bits per heavy atom. The van der Waals surface area contributed by atoms with E-state index in [0.717, 1.165) is 16.9 Å². The molecule has 0 bridgehead atoms. The van der Waals surface area contributed by atoms with Gasteiger partial charge in [-0.05, 0) is 24.3 Å². The van der Waals surface area contributed by atoms with Crippen molar-refractivity contribution in [1.29, 1.82) is 0 Å². The highest BCUT2D eigenvalue weighted by Gasteiger charge is 2.06. The molecule has 20 heavy (non-hydrogen) atoms. The Hall–Kier alpha value is -2.43. The second-order valence-corrected chi connectivity index (χ2v) is 4.82. The monoisotopic (exact) mass is 270 g/mol. The van der Waals surface area contributed by atoms with Gasteiger partial charge in [-0.1, -0.05) is 13.8 Å². The van der Waals surface area contributed by atoms with Crippen LogP contribution in [0.15, 0.2) is 43.0 Å². The first-order valence-corrected chi connectivity index (χ1v) is 6.54. The topological polar surface area (TPSA) is 66.9 Å². The summed E-state index contributed by atoms with van der Waals surface area (Å²) in [5.74, 6) is -0.00183. The van der Waals surface area contributed by atoms with Gasteiger partial charge in [0.25, 0.3) is 0 Å². The molecular weight excluding hydrogens is 252 g/mol. The van der Waals surface area contributed by atoms with Crippen LogP contribution in [0.5, 0.6) is 0 Å². The summed E-state index contributed by atoms with van der Waals surface area (Å²) in [4.78, 5) is 19.5. The van der Waals surface area contributed by atoms with Gasteiger partial charge in [0, 0.05) is 41.8 Å². The van der Waals surface area contributed by atoms with E-state index in [1.807, 2.05) is 38.1 Å². The number of hydrogen-bond donors (Lipinski definition) is 2. The molecule has 1 aromatic heterocycles. The maximum absolute atomic E-state index is 11.6. The summed E-state index contributed by atoms with van der Waals surface area (Å²) in [5.41, 5.74) is 2.80. The number of carbonyl (C=O) groups is 1. The van der Waals surface area contributed by atoms with Crippen LogP contribution in [-0.4, -0.2) is 15.9 Å². The van der Waals surface area contributed by atoms with E-state index >= 15 is 0 Å².